The van der Waals surface area contributed by atoms with Crippen molar-refractivity contribution in [2.75, 3.05) is 6.54 Å². The zero-order chi connectivity index (χ0) is 19.4. The maximum atomic E-state index is 6.37. The van der Waals surface area contributed by atoms with E-state index in [1.807, 2.05) is 6.92 Å². The summed E-state index contributed by atoms with van der Waals surface area (Å²) in [7, 11) is 0. The van der Waals surface area contributed by atoms with E-state index < -0.39 is 0 Å². The van der Waals surface area contributed by atoms with Gasteiger partial charge in [0.2, 0.25) is 0 Å². The number of rotatable bonds is 10. The molecule has 0 bridgehead atoms. The Labute approximate surface area is 161 Å². The second kappa shape index (κ2) is 12.9. The highest BCUT2D eigenvalue weighted by atomic mass is 14.7. The maximum Gasteiger partial charge on any atom is 0.00850 e. The lowest BCUT2D eigenvalue weighted by Crippen LogP contribution is -2.40. The van der Waals surface area contributed by atoms with E-state index in [1.165, 1.54) is 24.0 Å². The van der Waals surface area contributed by atoms with Gasteiger partial charge in [0.05, 0.1) is 0 Å². The minimum atomic E-state index is 0.235. The number of unbranched alkanes of at least 4 members (excludes halogenated alkanes) is 1. The fraction of sp³-hybridized carbons (Fsp3) is 0.583. The van der Waals surface area contributed by atoms with Crippen LogP contribution < -0.4 is 11.5 Å². The maximum absolute atomic E-state index is 6.37. The highest BCUT2D eigenvalue weighted by molar-refractivity contribution is 5.29. The summed E-state index contributed by atoms with van der Waals surface area (Å²) in [4.78, 5) is 0. The predicted octanol–water partition coefficient (Wildman–Crippen LogP) is 5.69. The van der Waals surface area contributed by atoms with E-state index in [9.17, 15) is 0 Å². The van der Waals surface area contributed by atoms with E-state index in [1.54, 1.807) is 0 Å². The van der Waals surface area contributed by atoms with Crippen molar-refractivity contribution in [3.63, 3.8) is 0 Å². The Morgan fingerprint density at radius 3 is 2.58 bits per heavy atom. The minimum absolute atomic E-state index is 0.235. The number of hydrogen-bond acceptors (Lipinski definition) is 2. The van der Waals surface area contributed by atoms with E-state index >= 15 is 0 Å². The molecule has 0 aliphatic heterocycles. The highest BCUT2D eigenvalue weighted by Gasteiger charge is 2.28. The largest absolute Gasteiger partial charge is 0.330 e. The molecule has 0 saturated heterocycles. The number of hydrogen-bond donors (Lipinski definition) is 2. The summed E-state index contributed by atoms with van der Waals surface area (Å²) in [6.45, 7) is 11.2. The summed E-state index contributed by atoms with van der Waals surface area (Å²) in [5, 5.41) is 0. The van der Waals surface area contributed by atoms with Crippen LogP contribution >= 0.6 is 0 Å². The van der Waals surface area contributed by atoms with Gasteiger partial charge in [0.1, 0.15) is 0 Å². The SMILES string of the molecule is C=CC(C)/C(=C\C(=C/C)C1CCC(CN)[C@@H](N)C1)CCC/C=C\C=C/C. The van der Waals surface area contributed by atoms with Crippen LogP contribution in [-0.2, 0) is 0 Å². The van der Waals surface area contributed by atoms with Crippen LogP contribution in [0.15, 0.2) is 60.3 Å². The van der Waals surface area contributed by atoms with Crippen LogP contribution in [0.25, 0.3) is 0 Å². The fourth-order valence-electron chi connectivity index (χ4n) is 3.81. The van der Waals surface area contributed by atoms with E-state index in [-0.39, 0.29) is 6.04 Å². The van der Waals surface area contributed by atoms with Gasteiger partial charge < -0.3 is 11.5 Å². The highest BCUT2D eigenvalue weighted by Crippen LogP contribution is 2.34. The predicted molar refractivity (Wildman–Crippen MR) is 117 cm³/mol. The van der Waals surface area contributed by atoms with Gasteiger partial charge in [-0.1, -0.05) is 55.0 Å². The molecule has 1 aliphatic carbocycles. The van der Waals surface area contributed by atoms with Gasteiger partial charge in [0.25, 0.3) is 0 Å². The molecule has 0 aromatic heterocycles. The quantitative estimate of drug-likeness (QED) is 0.300. The van der Waals surface area contributed by atoms with Crippen molar-refractivity contribution in [3.8, 4) is 0 Å². The molecule has 0 aromatic carbocycles. The topological polar surface area (TPSA) is 52.0 Å². The van der Waals surface area contributed by atoms with E-state index in [2.05, 4.69) is 63.0 Å². The van der Waals surface area contributed by atoms with Crippen LogP contribution in [-0.4, -0.2) is 12.6 Å². The Morgan fingerprint density at radius 1 is 1.23 bits per heavy atom. The Morgan fingerprint density at radius 2 is 2.00 bits per heavy atom. The summed E-state index contributed by atoms with van der Waals surface area (Å²) < 4.78 is 0. The van der Waals surface area contributed by atoms with Gasteiger partial charge in [-0.15, -0.1) is 6.58 Å². The average Bonchev–Trinajstić information content (AvgIpc) is 2.66. The molecule has 0 amide bonds. The minimum Gasteiger partial charge on any atom is -0.330 e. The Bertz CT molecular complexity index is 524. The van der Waals surface area contributed by atoms with Crippen molar-refractivity contribution < 1.29 is 0 Å². The van der Waals surface area contributed by atoms with Crippen molar-refractivity contribution >= 4 is 0 Å². The summed E-state index contributed by atoms with van der Waals surface area (Å²) in [6, 6.07) is 0.235. The lowest BCUT2D eigenvalue weighted by Gasteiger charge is -2.34. The first-order valence-corrected chi connectivity index (χ1v) is 10.3. The summed E-state index contributed by atoms with van der Waals surface area (Å²) in [5.74, 6) is 1.47. The van der Waals surface area contributed by atoms with Gasteiger partial charge in [-0.25, -0.2) is 0 Å². The zero-order valence-electron chi connectivity index (χ0n) is 17.2. The molecule has 2 heteroatoms. The van der Waals surface area contributed by atoms with Crippen LogP contribution in [0.4, 0.5) is 0 Å². The first kappa shape index (κ1) is 22.7. The first-order chi connectivity index (χ1) is 12.6. The van der Waals surface area contributed by atoms with Gasteiger partial charge in [0, 0.05) is 6.04 Å². The van der Waals surface area contributed by atoms with Crippen LogP contribution in [0.3, 0.4) is 0 Å². The molecule has 1 aliphatic rings. The summed E-state index contributed by atoms with van der Waals surface area (Å²) in [5.41, 5.74) is 15.2. The molecule has 0 heterocycles. The molecule has 26 heavy (non-hydrogen) atoms. The standard InChI is InChI=1S/C24H40N2/c1-5-8-9-10-11-12-13-21(19(4)6-2)16-20(7-3)22-14-15-23(18-25)24(26)17-22/h5-10,16,19,22-24H,2,11-15,17-18,25-26H2,1,3-4H3/b8-5-,10-9-,20-7+,21-16-/t19?,22?,23?,24-/m0/s1. The van der Waals surface area contributed by atoms with Gasteiger partial charge >= 0.3 is 0 Å². The molecule has 0 radical (unpaired) electrons. The van der Waals surface area contributed by atoms with Crippen molar-refractivity contribution in [1.29, 1.82) is 0 Å². The molecule has 1 saturated carbocycles. The monoisotopic (exact) mass is 356 g/mol. The molecule has 1 fully saturated rings. The molecule has 0 spiro atoms. The molecule has 4 N–H and O–H groups in total. The van der Waals surface area contributed by atoms with Crippen molar-refractivity contribution in [2.24, 2.45) is 29.2 Å². The Kier molecular flexibility index (Phi) is 11.2. The van der Waals surface area contributed by atoms with Gasteiger partial charge in [-0.2, -0.15) is 0 Å². The van der Waals surface area contributed by atoms with Crippen LogP contribution in [0.1, 0.15) is 59.3 Å². The first-order valence-electron chi connectivity index (χ1n) is 10.3. The van der Waals surface area contributed by atoms with Crippen molar-refractivity contribution in [3.05, 3.63) is 60.3 Å². The molecule has 1 rings (SSSR count). The van der Waals surface area contributed by atoms with Crippen molar-refractivity contribution in [2.45, 2.75) is 65.3 Å². The van der Waals surface area contributed by atoms with Crippen LogP contribution in [0.5, 0.6) is 0 Å². The van der Waals surface area contributed by atoms with Gasteiger partial charge in [-0.3, -0.25) is 0 Å². The third-order valence-corrected chi connectivity index (χ3v) is 5.72. The molecule has 146 valence electrons. The summed E-state index contributed by atoms with van der Waals surface area (Å²) >= 11 is 0. The molecule has 4 atom stereocenters. The lowest BCUT2D eigenvalue weighted by molar-refractivity contribution is 0.267. The smallest absolute Gasteiger partial charge is 0.00850 e. The van der Waals surface area contributed by atoms with Gasteiger partial charge in [-0.05, 0) is 82.2 Å². The molecule has 0 aromatic rings. The molecular formula is C24H40N2. The summed E-state index contributed by atoms with van der Waals surface area (Å²) in [6.07, 6.45) is 22.1. The molecule has 2 nitrogen and oxygen atoms in total. The average molecular weight is 357 g/mol. The van der Waals surface area contributed by atoms with E-state index in [0.29, 0.717) is 24.3 Å². The van der Waals surface area contributed by atoms with Crippen molar-refractivity contribution in [1.82, 2.24) is 0 Å². The fourth-order valence-corrected chi connectivity index (χ4v) is 3.81. The van der Waals surface area contributed by atoms with Crippen LogP contribution in [0.2, 0.25) is 0 Å². The number of nitrogens with two attached hydrogens (primary N) is 2. The normalized spacial score (nSPS) is 26.6. The third-order valence-electron chi connectivity index (χ3n) is 5.72. The van der Waals surface area contributed by atoms with E-state index in [0.717, 1.165) is 25.7 Å². The molecule has 3 unspecified atom stereocenters. The second-order valence-electron chi connectivity index (χ2n) is 7.55. The Balaban J connectivity index is 2.77. The second-order valence-corrected chi connectivity index (χ2v) is 7.55. The third kappa shape index (κ3) is 7.47. The number of allylic oxidation sites excluding steroid dienone is 9. The molecular weight excluding hydrogens is 316 g/mol. The zero-order valence-corrected chi connectivity index (χ0v) is 17.2. The van der Waals surface area contributed by atoms with E-state index in [4.69, 9.17) is 11.5 Å². The van der Waals surface area contributed by atoms with Crippen LogP contribution in [0, 0.1) is 17.8 Å². The lowest BCUT2D eigenvalue weighted by atomic mass is 9.75. The Hall–Kier alpha value is -1.38. The van der Waals surface area contributed by atoms with Gasteiger partial charge in [0.15, 0.2) is 0 Å².